The number of nitrogens with one attached hydrogen (secondary N) is 1. The van der Waals surface area contributed by atoms with Crippen LogP contribution in [0.2, 0.25) is 10.0 Å². The van der Waals surface area contributed by atoms with Crippen LogP contribution in [-0.4, -0.2) is 26.7 Å². The zero-order chi connectivity index (χ0) is 17.6. The fourth-order valence-corrected chi connectivity index (χ4v) is 4.03. The molecule has 1 N–H and O–H groups in total. The topological polar surface area (TPSA) is 59.8 Å². The molecule has 1 amide bonds. The standard InChI is InChI=1S/C17H14Cl2N4OS/c1-23-8-9(6-21-23)17-20-7-14(25-17)16(24)22-13-5-11(13)10-3-2-4-12(18)15(10)19/h2-4,6-8,11,13H,5H2,1H3,(H,22,24). The van der Waals surface area contributed by atoms with Crippen LogP contribution in [-0.2, 0) is 7.05 Å². The molecule has 2 unspecified atom stereocenters. The molecule has 4 rings (SSSR count). The molecular weight excluding hydrogens is 379 g/mol. The Hall–Kier alpha value is -1.89. The van der Waals surface area contributed by atoms with Gasteiger partial charge in [-0.2, -0.15) is 5.10 Å². The van der Waals surface area contributed by atoms with Crippen LogP contribution in [0.4, 0.5) is 0 Å². The van der Waals surface area contributed by atoms with Gasteiger partial charge in [-0.25, -0.2) is 4.98 Å². The van der Waals surface area contributed by atoms with E-state index < -0.39 is 0 Å². The van der Waals surface area contributed by atoms with E-state index in [1.807, 2.05) is 25.4 Å². The second kappa shape index (κ2) is 6.44. The van der Waals surface area contributed by atoms with E-state index in [1.165, 1.54) is 11.3 Å². The lowest BCUT2D eigenvalue weighted by molar-refractivity contribution is 0.0954. The molecule has 25 heavy (non-hydrogen) atoms. The van der Waals surface area contributed by atoms with Gasteiger partial charge in [-0.3, -0.25) is 9.48 Å². The van der Waals surface area contributed by atoms with Crippen molar-refractivity contribution in [3.8, 4) is 10.6 Å². The highest BCUT2D eigenvalue weighted by atomic mass is 35.5. The minimum Gasteiger partial charge on any atom is -0.348 e. The Kier molecular flexibility index (Phi) is 4.27. The summed E-state index contributed by atoms with van der Waals surface area (Å²) in [5.74, 6) is 0.0964. The summed E-state index contributed by atoms with van der Waals surface area (Å²) in [4.78, 5) is 17.4. The average Bonchev–Trinajstić information content (AvgIpc) is 2.99. The average molecular weight is 393 g/mol. The number of carbonyl (C=O) groups excluding carboxylic acids is 1. The summed E-state index contributed by atoms with van der Waals surface area (Å²) in [6.07, 6.45) is 6.07. The van der Waals surface area contributed by atoms with E-state index in [-0.39, 0.29) is 17.9 Å². The lowest BCUT2D eigenvalue weighted by atomic mass is 10.1. The number of thiazole rings is 1. The summed E-state index contributed by atoms with van der Waals surface area (Å²) >= 11 is 13.7. The van der Waals surface area contributed by atoms with E-state index in [9.17, 15) is 4.79 Å². The van der Waals surface area contributed by atoms with Crippen molar-refractivity contribution >= 4 is 40.4 Å². The van der Waals surface area contributed by atoms with E-state index in [4.69, 9.17) is 23.2 Å². The van der Waals surface area contributed by atoms with Crippen LogP contribution in [0.5, 0.6) is 0 Å². The SMILES string of the molecule is Cn1cc(-c2ncc(C(=O)NC3CC3c3cccc(Cl)c3Cl)s2)cn1. The molecule has 2 heterocycles. The van der Waals surface area contributed by atoms with Crippen LogP contribution in [0.15, 0.2) is 36.8 Å². The zero-order valence-electron chi connectivity index (χ0n) is 13.2. The Labute approximate surface area is 158 Å². The Morgan fingerprint density at radius 3 is 2.96 bits per heavy atom. The smallest absolute Gasteiger partial charge is 0.263 e. The molecule has 0 aliphatic heterocycles. The van der Waals surface area contributed by atoms with Crippen LogP contribution in [0, 0.1) is 0 Å². The van der Waals surface area contributed by atoms with Crippen LogP contribution in [0.25, 0.3) is 10.6 Å². The second-order valence-electron chi connectivity index (χ2n) is 6.00. The lowest BCUT2D eigenvalue weighted by Crippen LogP contribution is -2.25. The Morgan fingerprint density at radius 2 is 2.20 bits per heavy atom. The molecule has 2 aromatic heterocycles. The first-order valence-corrected chi connectivity index (χ1v) is 9.30. The van der Waals surface area contributed by atoms with E-state index in [0.717, 1.165) is 22.6 Å². The molecule has 1 aromatic carbocycles. The molecule has 0 spiro atoms. The fraction of sp³-hybridized carbons (Fsp3) is 0.235. The summed E-state index contributed by atoms with van der Waals surface area (Å²) in [5, 5.41) is 9.06. The Balaban J connectivity index is 1.44. The van der Waals surface area contributed by atoms with Crippen molar-refractivity contribution in [1.29, 1.82) is 0 Å². The number of nitrogens with zero attached hydrogens (tertiary/aromatic N) is 3. The molecule has 128 valence electrons. The number of aromatic nitrogens is 3. The van der Waals surface area contributed by atoms with Crippen molar-refractivity contribution in [2.75, 3.05) is 0 Å². The van der Waals surface area contributed by atoms with Gasteiger partial charge in [0.05, 0.1) is 22.4 Å². The second-order valence-corrected chi connectivity index (χ2v) is 7.81. The van der Waals surface area contributed by atoms with Crippen molar-refractivity contribution < 1.29 is 4.79 Å². The Bertz CT molecular complexity index is 952. The number of halogens is 2. The summed E-state index contributed by atoms with van der Waals surface area (Å²) in [5.41, 5.74) is 1.89. The first kappa shape index (κ1) is 16.6. The molecule has 1 fully saturated rings. The van der Waals surface area contributed by atoms with E-state index >= 15 is 0 Å². The maximum atomic E-state index is 12.5. The van der Waals surface area contributed by atoms with Gasteiger partial charge in [-0.1, -0.05) is 35.3 Å². The van der Waals surface area contributed by atoms with Crippen LogP contribution in [0.1, 0.15) is 27.6 Å². The van der Waals surface area contributed by atoms with Crippen molar-refractivity contribution in [3.63, 3.8) is 0 Å². The highest BCUT2D eigenvalue weighted by Crippen LogP contribution is 2.45. The maximum Gasteiger partial charge on any atom is 0.263 e. The number of benzene rings is 1. The third-order valence-corrected chi connectivity index (χ3v) is 6.05. The Morgan fingerprint density at radius 1 is 1.36 bits per heavy atom. The maximum absolute atomic E-state index is 12.5. The number of aryl methyl sites for hydroxylation is 1. The van der Waals surface area contributed by atoms with Gasteiger partial charge in [-0.15, -0.1) is 11.3 Å². The number of carbonyl (C=O) groups is 1. The van der Waals surface area contributed by atoms with Crippen LogP contribution < -0.4 is 5.32 Å². The number of hydrogen-bond donors (Lipinski definition) is 1. The molecule has 2 atom stereocenters. The largest absolute Gasteiger partial charge is 0.348 e. The molecule has 0 bridgehead atoms. The summed E-state index contributed by atoms with van der Waals surface area (Å²) < 4.78 is 1.71. The molecule has 0 saturated heterocycles. The van der Waals surface area contributed by atoms with E-state index in [0.29, 0.717) is 14.9 Å². The fourth-order valence-electron chi connectivity index (χ4n) is 2.79. The van der Waals surface area contributed by atoms with Crippen molar-refractivity contribution in [1.82, 2.24) is 20.1 Å². The molecule has 8 heteroatoms. The number of hydrogen-bond acceptors (Lipinski definition) is 4. The van der Waals surface area contributed by atoms with Gasteiger partial charge in [0.15, 0.2) is 0 Å². The highest BCUT2D eigenvalue weighted by molar-refractivity contribution is 7.16. The van der Waals surface area contributed by atoms with Gasteiger partial charge in [0.25, 0.3) is 5.91 Å². The summed E-state index contributed by atoms with van der Waals surface area (Å²) in [6, 6.07) is 5.68. The molecule has 5 nitrogen and oxygen atoms in total. The van der Waals surface area contributed by atoms with Gasteiger partial charge in [0.2, 0.25) is 0 Å². The van der Waals surface area contributed by atoms with Crippen molar-refractivity contribution in [2.45, 2.75) is 18.4 Å². The number of amides is 1. The third kappa shape index (κ3) is 3.29. The molecule has 1 saturated carbocycles. The number of rotatable bonds is 4. The molecule has 3 aromatic rings. The summed E-state index contributed by atoms with van der Waals surface area (Å²) in [6.45, 7) is 0. The van der Waals surface area contributed by atoms with Gasteiger partial charge in [-0.05, 0) is 18.1 Å². The lowest BCUT2D eigenvalue weighted by Gasteiger charge is -2.06. The van der Waals surface area contributed by atoms with Crippen molar-refractivity contribution in [3.05, 3.63) is 57.3 Å². The molecule has 0 radical (unpaired) electrons. The van der Waals surface area contributed by atoms with Crippen LogP contribution in [0.3, 0.4) is 0 Å². The predicted molar refractivity (Wildman–Crippen MR) is 99.4 cm³/mol. The van der Waals surface area contributed by atoms with Gasteiger partial charge in [0, 0.05) is 30.8 Å². The highest BCUT2D eigenvalue weighted by Gasteiger charge is 2.41. The van der Waals surface area contributed by atoms with Gasteiger partial charge >= 0.3 is 0 Å². The minimum atomic E-state index is -0.113. The van der Waals surface area contributed by atoms with Gasteiger partial charge in [0.1, 0.15) is 9.88 Å². The normalized spacial score (nSPS) is 19.0. The molecule has 1 aliphatic rings. The summed E-state index contributed by atoms with van der Waals surface area (Å²) in [7, 11) is 1.85. The quantitative estimate of drug-likeness (QED) is 0.725. The molecular formula is C17H14Cl2N4OS. The first-order chi connectivity index (χ1) is 12.0. The first-order valence-electron chi connectivity index (χ1n) is 7.72. The zero-order valence-corrected chi connectivity index (χ0v) is 15.6. The van der Waals surface area contributed by atoms with E-state index in [1.54, 1.807) is 23.1 Å². The van der Waals surface area contributed by atoms with Gasteiger partial charge < -0.3 is 5.32 Å². The van der Waals surface area contributed by atoms with Crippen LogP contribution >= 0.6 is 34.5 Å². The van der Waals surface area contributed by atoms with Crippen molar-refractivity contribution in [2.24, 2.45) is 7.05 Å². The van der Waals surface area contributed by atoms with E-state index in [2.05, 4.69) is 15.4 Å². The molecule has 1 aliphatic carbocycles. The predicted octanol–water partition coefficient (Wildman–Crippen LogP) is 4.14. The monoisotopic (exact) mass is 392 g/mol. The minimum absolute atomic E-state index is 0.0763. The third-order valence-electron chi connectivity index (χ3n) is 4.17.